The van der Waals surface area contributed by atoms with E-state index in [4.69, 9.17) is 5.14 Å². The molecule has 0 heterocycles. The standard InChI is InChI=1S/C12H10BrFN2O4S2/c13-8-4-5-12(11(14)6-8)16-22(19,20)10-3-1-2-9(7-10)21(15,17)18/h1-7,16H,(H2,15,17,18). The Hall–Kier alpha value is -1.49. The lowest BCUT2D eigenvalue weighted by Crippen LogP contribution is -2.16. The topological polar surface area (TPSA) is 106 Å². The Labute approximate surface area is 135 Å². The van der Waals surface area contributed by atoms with Crippen molar-refractivity contribution in [3.8, 4) is 0 Å². The first-order valence-corrected chi connectivity index (χ1v) is 9.52. The maximum atomic E-state index is 13.7. The second-order valence-corrected chi connectivity index (χ2v) is 8.41. The van der Waals surface area contributed by atoms with Gasteiger partial charge in [-0.15, -0.1) is 0 Å². The molecule has 0 aliphatic heterocycles. The quantitative estimate of drug-likeness (QED) is 0.806. The molecule has 2 aromatic rings. The summed E-state index contributed by atoms with van der Waals surface area (Å²) in [5.74, 6) is -0.777. The van der Waals surface area contributed by atoms with E-state index in [1.807, 2.05) is 4.72 Å². The molecule has 2 aromatic carbocycles. The predicted molar refractivity (Wildman–Crippen MR) is 82.7 cm³/mol. The second-order valence-electron chi connectivity index (χ2n) is 4.25. The summed E-state index contributed by atoms with van der Waals surface area (Å²) in [4.78, 5) is -0.701. The number of benzene rings is 2. The third kappa shape index (κ3) is 3.83. The summed E-state index contributed by atoms with van der Waals surface area (Å²) in [5.41, 5.74) is -0.260. The van der Waals surface area contributed by atoms with Gasteiger partial charge in [-0.25, -0.2) is 26.4 Å². The van der Waals surface area contributed by atoms with Crippen LogP contribution in [0, 0.1) is 5.82 Å². The van der Waals surface area contributed by atoms with Crippen LogP contribution >= 0.6 is 15.9 Å². The van der Waals surface area contributed by atoms with Gasteiger partial charge in [-0.05, 0) is 36.4 Å². The van der Waals surface area contributed by atoms with Crippen LogP contribution in [0.3, 0.4) is 0 Å². The molecule has 0 aliphatic carbocycles. The normalized spacial score (nSPS) is 12.1. The number of halogens is 2. The van der Waals surface area contributed by atoms with Crippen LogP contribution in [0.5, 0.6) is 0 Å². The Bertz CT molecular complexity index is 930. The van der Waals surface area contributed by atoms with Gasteiger partial charge >= 0.3 is 0 Å². The summed E-state index contributed by atoms with van der Waals surface area (Å²) in [6, 6.07) is 8.25. The van der Waals surface area contributed by atoms with Crippen molar-refractivity contribution in [2.75, 3.05) is 4.72 Å². The lowest BCUT2D eigenvalue weighted by Gasteiger charge is -2.10. The third-order valence-corrected chi connectivity index (χ3v) is 5.39. The first-order valence-electron chi connectivity index (χ1n) is 5.70. The van der Waals surface area contributed by atoms with Gasteiger partial charge < -0.3 is 0 Å². The van der Waals surface area contributed by atoms with E-state index >= 15 is 0 Å². The fourth-order valence-corrected chi connectivity index (χ4v) is 3.67. The minimum atomic E-state index is -4.16. The Morgan fingerprint density at radius 2 is 1.64 bits per heavy atom. The van der Waals surface area contributed by atoms with Gasteiger partial charge in [0.2, 0.25) is 10.0 Å². The molecule has 2 rings (SSSR count). The smallest absolute Gasteiger partial charge is 0.262 e. The van der Waals surface area contributed by atoms with Crippen molar-refractivity contribution in [3.05, 3.63) is 52.8 Å². The maximum absolute atomic E-state index is 13.7. The Morgan fingerprint density at radius 3 is 2.23 bits per heavy atom. The highest BCUT2D eigenvalue weighted by Crippen LogP contribution is 2.23. The van der Waals surface area contributed by atoms with E-state index in [2.05, 4.69) is 15.9 Å². The second kappa shape index (κ2) is 5.95. The molecular formula is C12H10BrFN2O4S2. The monoisotopic (exact) mass is 408 g/mol. The summed E-state index contributed by atoms with van der Waals surface area (Å²) in [7, 11) is -8.20. The molecule has 22 heavy (non-hydrogen) atoms. The summed E-state index contributed by atoms with van der Waals surface area (Å²) >= 11 is 3.05. The van der Waals surface area contributed by atoms with E-state index in [-0.39, 0.29) is 15.5 Å². The predicted octanol–water partition coefficient (Wildman–Crippen LogP) is 2.04. The molecule has 0 aliphatic rings. The Kier molecular flexibility index (Phi) is 4.57. The zero-order valence-corrected chi connectivity index (χ0v) is 14.0. The molecule has 0 radical (unpaired) electrons. The zero-order valence-electron chi connectivity index (χ0n) is 10.8. The molecular weight excluding hydrogens is 399 g/mol. The largest absolute Gasteiger partial charge is 0.277 e. The number of hydrogen-bond acceptors (Lipinski definition) is 4. The van der Waals surface area contributed by atoms with Crippen molar-refractivity contribution in [1.82, 2.24) is 0 Å². The Morgan fingerprint density at radius 1 is 1.00 bits per heavy atom. The Balaban J connectivity index is 2.43. The molecule has 0 atom stereocenters. The highest BCUT2D eigenvalue weighted by molar-refractivity contribution is 9.10. The molecule has 0 fully saturated rings. The fraction of sp³-hybridized carbons (Fsp3) is 0. The minimum Gasteiger partial charge on any atom is -0.277 e. The van der Waals surface area contributed by atoms with E-state index in [1.165, 1.54) is 24.3 Å². The van der Waals surface area contributed by atoms with Crippen LogP contribution in [0.2, 0.25) is 0 Å². The molecule has 3 N–H and O–H groups in total. The SMILES string of the molecule is NS(=O)(=O)c1cccc(S(=O)(=O)Nc2ccc(Br)cc2F)c1. The van der Waals surface area contributed by atoms with E-state index in [0.717, 1.165) is 18.2 Å². The van der Waals surface area contributed by atoms with Crippen LogP contribution in [0.4, 0.5) is 10.1 Å². The van der Waals surface area contributed by atoms with Gasteiger partial charge in [0, 0.05) is 4.47 Å². The van der Waals surface area contributed by atoms with Gasteiger partial charge in [-0.2, -0.15) is 0 Å². The highest BCUT2D eigenvalue weighted by atomic mass is 79.9. The number of nitrogens with one attached hydrogen (secondary N) is 1. The minimum absolute atomic E-state index is 0.260. The van der Waals surface area contributed by atoms with Gasteiger partial charge in [0.15, 0.2) is 0 Å². The number of primary sulfonamides is 1. The molecule has 0 saturated heterocycles. The van der Waals surface area contributed by atoms with Crippen molar-refractivity contribution < 1.29 is 21.2 Å². The van der Waals surface area contributed by atoms with Gasteiger partial charge in [0.25, 0.3) is 10.0 Å². The molecule has 0 unspecified atom stereocenters. The molecule has 10 heteroatoms. The summed E-state index contributed by atoms with van der Waals surface area (Å²) in [6.45, 7) is 0. The van der Waals surface area contributed by atoms with E-state index in [1.54, 1.807) is 0 Å². The number of hydrogen-bond donors (Lipinski definition) is 2. The van der Waals surface area contributed by atoms with Gasteiger partial charge in [0.1, 0.15) is 5.82 Å². The summed E-state index contributed by atoms with van der Waals surface area (Å²) in [6.07, 6.45) is 0. The molecule has 0 spiro atoms. The van der Waals surface area contributed by atoms with Crippen molar-refractivity contribution in [2.24, 2.45) is 5.14 Å². The van der Waals surface area contributed by atoms with Crippen LogP contribution < -0.4 is 9.86 Å². The van der Waals surface area contributed by atoms with Crippen LogP contribution in [0.1, 0.15) is 0 Å². The van der Waals surface area contributed by atoms with Crippen molar-refractivity contribution in [2.45, 2.75) is 9.79 Å². The molecule has 0 bridgehead atoms. The third-order valence-electron chi connectivity index (χ3n) is 2.62. The van der Waals surface area contributed by atoms with E-state index in [9.17, 15) is 21.2 Å². The zero-order chi connectivity index (χ0) is 16.5. The van der Waals surface area contributed by atoms with Crippen LogP contribution in [0.15, 0.2) is 56.7 Å². The number of sulfonamides is 2. The molecule has 0 aromatic heterocycles. The average molecular weight is 409 g/mol. The van der Waals surface area contributed by atoms with Gasteiger partial charge in [-0.3, -0.25) is 4.72 Å². The number of anilines is 1. The lowest BCUT2D eigenvalue weighted by atomic mass is 10.3. The molecule has 0 saturated carbocycles. The summed E-state index contributed by atoms with van der Waals surface area (Å²) in [5, 5.41) is 4.95. The van der Waals surface area contributed by atoms with E-state index < -0.39 is 25.9 Å². The molecule has 6 nitrogen and oxygen atoms in total. The van der Waals surface area contributed by atoms with Crippen molar-refractivity contribution in [3.63, 3.8) is 0 Å². The first kappa shape index (κ1) is 16.9. The molecule has 0 amide bonds. The number of nitrogens with two attached hydrogens (primary N) is 1. The van der Waals surface area contributed by atoms with Crippen LogP contribution in [-0.4, -0.2) is 16.8 Å². The first-order chi connectivity index (χ1) is 10.1. The number of rotatable bonds is 4. The highest BCUT2D eigenvalue weighted by Gasteiger charge is 2.19. The van der Waals surface area contributed by atoms with Crippen LogP contribution in [-0.2, 0) is 20.0 Å². The summed E-state index contributed by atoms with van der Waals surface area (Å²) < 4.78 is 63.1. The average Bonchev–Trinajstić information content (AvgIpc) is 2.41. The molecule has 118 valence electrons. The van der Waals surface area contributed by atoms with Crippen molar-refractivity contribution in [1.29, 1.82) is 0 Å². The van der Waals surface area contributed by atoms with Gasteiger partial charge in [-0.1, -0.05) is 22.0 Å². The fourth-order valence-electron chi connectivity index (χ4n) is 1.59. The van der Waals surface area contributed by atoms with Gasteiger partial charge in [0.05, 0.1) is 15.5 Å². The maximum Gasteiger partial charge on any atom is 0.262 e. The van der Waals surface area contributed by atoms with Crippen LogP contribution in [0.25, 0.3) is 0 Å². The van der Waals surface area contributed by atoms with Crippen molar-refractivity contribution >= 4 is 41.7 Å². The lowest BCUT2D eigenvalue weighted by molar-refractivity contribution is 0.596. The van der Waals surface area contributed by atoms with E-state index in [0.29, 0.717) is 4.47 Å².